The molecule has 3 aromatic carbocycles. The first-order valence-electron chi connectivity index (χ1n) is 12.3. The molecule has 0 saturated carbocycles. The highest BCUT2D eigenvalue weighted by Crippen LogP contribution is 2.41. The van der Waals surface area contributed by atoms with Crippen LogP contribution in [0.25, 0.3) is 0 Å². The third-order valence-electron chi connectivity index (χ3n) is 7.05. The molecule has 0 radical (unpaired) electrons. The lowest BCUT2D eigenvalue weighted by Crippen LogP contribution is -2.33. The molecule has 1 unspecified atom stereocenters. The van der Waals surface area contributed by atoms with Gasteiger partial charge in [-0.3, -0.25) is 4.90 Å². The molecule has 35 heavy (non-hydrogen) atoms. The molecule has 186 valence electrons. The number of likely N-dealkylation sites (N-methyl/N-ethyl adjacent to an activating group) is 1. The van der Waals surface area contributed by atoms with Gasteiger partial charge in [-0.05, 0) is 90.5 Å². The number of hydrogen-bond acceptors (Lipinski definition) is 5. The van der Waals surface area contributed by atoms with Gasteiger partial charge >= 0.3 is 0 Å². The molecule has 0 aromatic heterocycles. The summed E-state index contributed by atoms with van der Waals surface area (Å²) in [6.45, 7) is 5.84. The van der Waals surface area contributed by atoms with Crippen LogP contribution in [0, 0.1) is 6.92 Å². The molecule has 0 aliphatic carbocycles. The molecule has 0 saturated heterocycles. The molecule has 0 amide bonds. The number of rotatable bonds is 9. The van der Waals surface area contributed by atoms with Crippen molar-refractivity contribution >= 4 is 0 Å². The molecule has 4 rings (SSSR count). The van der Waals surface area contributed by atoms with Crippen molar-refractivity contribution < 1.29 is 18.9 Å². The first kappa shape index (κ1) is 24.9. The number of fused-ring (bicyclic) bond motifs is 1. The SMILES string of the molecule is CCc1ccc(CCOc2cc3c(cc2OC)CCN(C)C3c2ccc(OC)cc2C)cc1OC. The van der Waals surface area contributed by atoms with Gasteiger partial charge in [0, 0.05) is 13.0 Å². The maximum absolute atomic E-state index is 6.31. The predicted molar refractivity (Wildman–Crippen MR) is 140 cm³/mol. The molecule has 0 bridgehead atoms. The molecule has 0 N–H and O–H groups in total. The van der Waals surface area contributed by atoms with E-state index in [1.165, 1.54) is 33.4 Å². The zero-order chi connectivity index (χ0) is 24.9. The van der Waals surface area contributed by atoms with E-state index in [-0.39, 0.29) is 6.04 Å². The Labute approximate surface area is 209 Å². The molecule has 1 heterocycles. The summed E-state index contributed by atoms with van der Waals surface area (Å²) >= 11 is 0. The van der Waals surface area contributed by atoms with Crippen molar-refractivity contribution in [1.82, 2.24) is 4.90 Å². The van der Waals surface area contributed by atoms with Crippen molar-refractivity contribution in [3.8, 4) is 23.0 Å². The van der Waals surface area contributed by atoms with E-state index in [0.717, 1.165) is 48.8 Å². The monoisotopic (exact) mass is 475 g/mol. The summed E-state index contributed by atoms with van der Waals surface area (Å²) in [4.78, 5) is 2.41. The van der Waals surface area contributed by atoms with Crippen LogP contribution in [0.3, 0.4) is 0 Å². The van der Waals surface area contributed by atoms with Gasteiger partial charge in [0.2, 0.25) is 0 Å². The van der Waals surface area contributed by atoms with Crippen LogP contribution >= 0.6 is 0 Å². The van der Waals surface area contributed by atoms with Crippen molar-refractivity contribution in [2.45, 2.75) is 39.2 Å². The molecule has 0 fully saturated rings. The van der Waals surface area contributed by atoms with Crippen LogP contribution in [0.15, 0.2) is 48.5 Å². The summed E-state index contributed by atoms with van der Waals surface area (Å²) in [5, 5.41) is 0. The normalized spacial score (nSPS) is 15.4. The third-order valence-corrected chi connectivity index (χ3v) is 7.05. The maximum Gasteiger partial charge on any atom is 0.161 e. The summed E-state index contributed by atoms with van der Waals surface area (Å²) in [7, 11) is 7.34. The molecular formula is C30H37NO4. The second-order valence-electron chi connectivity index (χ2n) is 9.16. The van der Waals surface area contributed by atoms with Crippen LogP contribution in [-0.2, 0) is 19.3 Å². The van der Waals surface area contributed by atoms with E-state index < -0.39 is 0 Å². The Bertz CT molecular complexity index is 1170. The fraction of sp³-hybridized carbons (Fsp3) is 0.400. The Morgan fingerprint density at radius 2 is 1.66 bits per heavy atom. The lowest BCUT2D eigenvalue weighted by molar-refractivity contribution is 0.258. The lowest BCUT2D eigenvalue weighted by atomic mass is 9.86. The quantitative estimate of drug-likeness (QED) is 0.392. The van der Waals surface area contributed by atoms with Gasteiger partial charge in [0.25, 0.3) is 0 Å². The lowest BCUT2D eigenvalue weighted by Gasteiger charge is -2.36. The fourth-order valence-corrected chi connectivity index (χ4v) is 5.03. The van der Waals surface area contributed by atoms with E-state index in [4.69, 9.17) is 18.9 Å². The molecular weight excluding hydrogens is 438 g/mol. The molecule has 5 nitrogen and oxygen atoms in total. The summed E-state index contributed by atoms with van der Waals surface area (Å²) in [6, 6.07) is 17.2. The smallest absolute Gasteiger partial charge is 0.161 e. The first-order valence-corrected chi connectivity index (χ1v) is 12.3. The predicted octanol–water partition coefficient (Wildman–Crippen LogP) is 5.78. The molecule has 1 aliphatic rings. The van der Waals surface area contributed by atoms with Gasteiger partial charge in [-0.1, -0.05) is 25.1 Å². The van der Waals surface area contributed by atoms with Gasteiger partial charge < -0.3 is 18.9 Å². The number of benzene rings is 3. The molecule has 1 atom stereocenters. The van der Waals surface area contributed by atoms with Crippen molar-refractivity contribution in [2.24, 2.45) is 0 Å². The zero-order valence-electron chi connectivity index (χ0n) is 21.8. The largest absolute Gasteiger partial charge is 0.497 e. The summed E-state index contributed by atoms with van der Waals surface area (Å²) in [6.07, 6.45) is 2.73. The Morgan fingerprint density at radius 3 is 2.34 bits per heavy atom. The van der Waals surface area contributed by atoms with Gasteiger partial charge in [0.1, 0.15) is 11.5 Å². The number of hydrogen-bond donors (Lipinski definition) is 0. The van der Waals surface area contributed by atoms with Crippen LogP contribution in [0.5, 0.6) is 23.0 Å². The minimum absolute atomic E-state index is 0.156. The van der Waals surface area contributed by atoms with E-state index in [1.54, 1.807) is 21.3 Å². The fourth-order valence-electron chi connectivity index (χ4n) is 5.03. The van der Waals surface area contributed by atoms with E-state index in [1.807, 2.05) is 6.07 Å². The number of ether oxygens (including phenoxy) is 4. The molecule has 0 spiro atoms. The number of methoxy groups -OCH3 is 3. The van der Waals surface area contributed by atoms with E-state index in [9.17, 15) is 0 Å². The third kappa shape index (κ3) is 5.25. The van der Waals surface area contributed by atoms with Crippen LogP contribution in [0.2, 0.25) is 0 Å². The second-order valence-corrected chi connectivity index (χ2v) is 9.16. The van der Waals surface area contributed by atoms with Gasteiger partial charge in [0.05, 0.1) is 34.0 Å². The second kappa shape index (κ2) is 11.0. The Balaban J connectivity index is 1.60. The van der Waals surface area contributed by atoms with Crippen molar-refractivity contribution in [1.29, 1.82) is 0 Å². The topological polar surface area (TPSA) is 40.2 Å². The van der Waals surface area contributed by atoms with Gasteiger partial charge in [-0.15, -0.1) is 0 Å². The Hall–Kier alpha value is -3.18. The van der Waals surface area contributed by atoms with Crippen molar-refractivity contribution in [2.75, 3.05) is 41.5 Å². The maximum atomic E-state index is 6.31. The summed E-state index contributed by atoms with van der Waals surface area (Å²) in [5.41, 5.74) is 7.51. The zero-order valence-corrected chi connectivity index (χ0v) is 21.8. The summed E-state index contributed by atoms with van der Waals surface area (Å²) in [5.74, 6) is 3.40. The number of nitrogens with zero attached hydrogens (tertiary/aromatic N) is 1. The summed E-state index contributed by atoms with van der Waals surface area (Å²) < 4.78 is 23.0. The average molecular weight is 476 g/mol. The molecule has 1 aliphatic heterocycles. The highest BCUT2D eigenvalue weighted by Gasteiger charge is 2.29. The Kier molecular flexibility index (Phi) is 7.86. The van der Waals surface area contributed by atoms with E-state index >= 15 is 0 Å². The van der Waals surface area contributed by atoms with Crippen LogP contribution in [0.1, 0.15) is 46.3 Å². The van der Waals surface area contributed by atoms with E-state index in [2.05, 4.69) is 68.3 Å². The highest BCUT2D eigenvalue weighted by molar-refractivity contribution is 5.53. The van der Waals surface area contributed by atoms with Crippen LogP contribution in [-0.4, -0.2) is 46.4 Å². The van der Waals surface area contributed by atoms with Crippen molar-refractivity contribution in [3.05, 3.63) is 81.9 Å². The van der Waals surface area contributed by atoms with E-state index in [0.29, 0.717) is 6.61 Å². The Morgan fingerprint density at radius 1 is 0.857 bits per heavy atom. The van der Waals surface area contributed by atoms with Crippen LogP contribution in [0.4, 0.5) is 0 Å². The molecule has 3 aromatic rings. The van der Waals surface area contributed by atoms with Gasteiger partial charge in [0.15, 0.2) is 11.5 Å². The first-order chi connectivity index (χ1) is 17.0. The molecule has 5 heteroatoms. The highest BCUT2D eigenvalue weighted by atomic mass is 16.5. The minimum atomic E-state index is 0.156. The van der Waals surface area contributed by atoms with Crippen LogP contribution < -0.4 is 18.9 Å². The standard InChI is InChI=1S/C30H37NO4/c1-7-22-9-8-21(17-27(22)33-5)13-15-35-29-19-26-23(18-28(29)34-6)12-14-31(3)30(26)25-11-10-24(32-4)16-20(25)2/h8-11,16-19,30H,7,12-15H2,1-6H3. The average Bonchev–Trinajstić information content (AvgIpc) is 2.88. The van der Waals surface area contributed by atoms with Crippen molar-refractivity contribution in [3.63, 3.8) is 0 Å². The van der Waals surface area contributed by atoms with Gasteiger partial charge in [-0.25, -0.2) is 0 Å². The number of aryl methyl sites for hydroxylation is 2. The minimum Gasteiger partial charge on any atom is -0.497 e. The van der Waals surface area contributed by atoms with Gasteiger partial charge in [-0.2, -0.15) is 0 Å².